The predicted molar refractivity (Wildman–Crippen MR) is 141 cm³/mol. The third-order valence-electron chi connectivity index (χ3n) is 6.92. The van der Waals surface area contributed by atoms with Crippen molar-refractivity contribution >= 4 is 16.8 Å². The number of hydrogen-bond donors (Lipinski definition) is 0. The van der Waals surface area contributed by atoms with Gasteiger partial charge in [0.25, 0.3) is 5.91 Å². The fourth-order valence-electron chi connectivity index (χ4n) is 5.02. The number of hydrogen-bond acceptors (Lipinski definition) is 6. The van der Waals surface area contributed by atoms with Crippen LogP contribution < -0.4 is 10.2 Å². The normalized spacial score (nSPS) is 15.9. The molecule has 0 radical (unpaired) electrons. The van der Waals surface area contributed by atoms with E-state index in [9.17, 15) is 9.59 Å². The number of benzene rings is 2. The molecular formula is C29H32N4O4. The van der Waals surface area contributed by atoms with Crippen molar-refractivity contribution in [1.29, 1.82) is 0 Å². The molecule has 0 N–H and O–H groups in total. The van der Waals surface area contributed by atoms with E-state index in [0.29, 0.717) is 25.1 Å². The van der Waals surface area contributed by atoms with Gasteiger partial charge < -0.3 is 18.7 Å². The Labute approximate surface area is 216 Å². The Morgan fingerprint density at radius 1 is 1.14 bits per heavy atom. The van der Waals surface area contributed by atoms with Crippen molar-refractivity contribution in [3.8, 4) is 5.75 Å². The van der Waals surface area contributed by atoms with Crippen molar-refractivity contribution in [2.45, 2.75) is 25.9 Å². The predicted octanol–water partition coefficient (Wildman–Crippen LogP) is 4.09. The number of nitrogens with zero attached hydrogens (tertiary/aromatic N) is 4. The second-order valence-corrected chi connectivity index (χ2v) is 9.88. The molecule has 0 bridgehead atoms. The lowest BCUT2D eigenvalue weighted by molar-refractivity contribution is 0.0631. The quantitative estimate of drug-likeness (QED) is 0.363. The van der Waals surface area contributed by atoms with Crippen LogP contribution in [0.25, 0.3) is 10.9 Å². The number of ether oxygens (including phenoxy) is 1. The lowest BCUT2D eigenvalue weighted by Gasteiger charge is -2.32. The van der Waals surface area contributed by atoms with Gasteiger partial charge in [0, 0.05) is 56.8 Å². The van der Waals surface area contributed by atoms with Crippen LogP contribution in [-0.4, -0.2) is 52.2 Å². The highest BCUT2D eigenvalue weighted by molar-refractivity contribution is 5.97. The van der Waals surface area contributed by atoms with E-state index in [-0.39, 0.29) is 22.8 Å². The molecular weight excluding hydrogens is 468 g/mol. The topological polar surface area (TPSA) is 80.8 Å². The molecule has 0 saturated carbocycles. The summed E-state index contributed by atoms with van der Waals surface area (Å²) in [5.74, 6) is 0.833. The van der Waals surface area contributed by atoms with E-state index in [4.69, 9.17) is 9.26 Å². The monoisotopic (exact) mass is 500 g/mol. The molecule has 0 unspecified atom stereocenters. The number of rotatable bonds is 8. The number of amides is 1. The van der Waals surface area contributed by atoms with E-state index in [0.717, 1.165) is 42.9 Å². The van der Waals surface area contributed by atoms with E-state index in [1.807, 2.05) is 55.1 Å². The number of aryl methyl sites for hydroxylation is 1. The zero-order valence-corrected chi connectivity index (χ0v) is 21.3. The average molecular weight is 501 g/mol. The molecule has 0 aliphatic carbocycles. The number of para-hydroxylation sites is 1. The SMILES string of the molecule is CN(Cc1ccc(OC[C@@H]2CCCN(C(=O)c3cn(C)c4ccccc4c3=O)C2)cc1)Cc1ccon1. The summed E-state index contributed by atoms with van der Waals surface area (Å²) in [5.41, 5.74) is 2.94. The van der Waals surface area contributed by atoms with Gasteiger partial charge in [-0.25, -0.2) is 0 Å². The molecule has 1 amide bonds. The molecule has 2 aromatic carbocycles. The number of carbonyl (C=O) groups is 1. The number of fused-ring (bicyclic) bond motifs is 1. The fraction of sp³-hybridized carbons (Fsp3) is 0.345. The molecule has 8 nitrogen and oxygen atoms in total. The Bertz CT molecular complexity index is 1410. The number of carbonyl (C=O) groups excluding carboxylic acids is 1. The Balaban J connectivity index is 1.17. The molecule has 37 heavy (non-hydrogen) atoms. The summed E-state index contributed by atoms with van der Waals surface area (Å²) in [6, 6.07) is 17.4. The van der Waals surface area contributed by atoms with E-state index < -0.39 is 0 Å². The maximum Gasteiger partial charge on any atom is 0.259 e. The first-order chi connectivity index (χ1) is 18.0. The van der Waals surface area contributed by atoms with E-state index >= 15 is 0 Å². The second-order valence-electron chi connectivity index (χ2n) is 9.88. The van der Waals surface area contributed by atoms with Crippen molar-refractivity contribution < 1.29 is 14.1 Å². The Hall–Kier alpha value is -3.91. The van der Waals surface area contributed by atoms with Crippen LogP contribution >= 0.6 is 0 Å². The molecule has 1 saturated heterocycles. The standard InChI is InChI=1S/C29H32N4O4/c1-31(18-23-13-15-37-30-23)16-21-9-11-24(12-10-21)36-20-22-6-5-14-33(17-22)29(35)26-19-32(2)27-8-4-3-7-25(27)28(26)34/h3-4,7-13,15,19,22H,5-6,14,16-18,20H2,1-2H3/t22-/m1/s1. The lowest BCUT2D eigenvalue weighted by atomic mass is 9.98. The molecule has 192 valence electrons. The summed E-state index contributed by atoms with van der Waals surface area (Å²) in [7, 11) is 3.91. The minimum Gasteiger partial charge on any atom is -0.493 e. The van der Waals surface area contributed by atoms with Gasteiger partial charge >= 0.3 is 0 Å². The van der Waals surface area contributed by atoms with Crippen LogP contribution in [0.2, 0.25) is 0 Å². The third-order valence-corrected chi connectivity index (χ3v) is 6.92. The van der Waals surface area contributed by atoms with Crippen LogP contribution in [0.5, 0.6) is 5.75 Å². The van der Waals surface area contributed by atoms with Crippen LogP contribution in [0.1, 0.15) is 34.5 Å². The largest absolute Gasteiger partial charge is 0.493 e. The molecule has 1 aliphatic rings. The maximum absolute atomic E-state index is 13.3. The summed E-state index contributed by atoms with van der Waals surface area (Å²) in [5, 5.41) is 4.53. The summed E-state index contributed by atoms with van der Waals surface area (Å²) < 4.78 is 12.8. The first kappa shape index (κ1) is 24.8. The molecule has 8 heteroatoms. The van der Waals surface area contributed by atoms with Gasteiger partial charge in [-0.15, -0.1) is 0 Å². The first-order valence-corrected chi connectivity index (χ1v) is 12.6. The van der Waals surface area contributed by atoms with Gasteiger partial charge in [-0.05, 0) is 49.7 Å². The summed E-state index contributed by atoms with van der Waals surface area (Å²) >= 11 is 0. The van der Waals surface area contributed by atoms with E-state index in [1.54, 1.807) is 23.4 Å². The molecule has 1 aliphatic heterocycles. The number of aromatic nitrogens is 2. The average Bonchev–Trinajstić information content (AvgIpc) is 3.43. The fourth-order valence-corrected chi connectivity index (χ4v) is 5.02. The number of pyridine rings is 1. The van der Waals surface area contributed by atoms with Crippen LogP contribution in [0.15, 0.2) is 76.4 Å². The molecule has 3 heterocycles. The zero-order valence-electron chi connectivity index (χ0n) is 21.3. The summed E-state index contributed by atoms with van der Waals surface area (Å²) in [6.45, 7) is 3.28. The number of piperidine rings is 1. The smallest absolute Gasteiger partial charge is 0.259 e. The molecule has 2 aromatic heterocycles. The Morgan fingerprint density at radius 3 is 2.73 bits per heavy atom. The highest BCUT2D eigenvalue weighted by Crippen LogP contribution is 2.21. The van der Waals surface area contributed by atoms with Crippen molar-refractivity contribution in [2.24, 2.45) is 13.0 Å². The zero-order chi connectivity index (χ0) is 25.8. The summed E-state index contributed by atoms with van der Waals surface area (Å²) in [4.78, 5) is 30.3. The molecule has 1 atom stereocenters. The van der Waals surface area contributed by atoms with Gasteiger partial charge in [-0.1, -0.05) is 29.4 Å². The van der Waals surface area contributed by atoms with Crippen LogP contribution in [0.4, 0.5) is 0 Å². The molecule has 0 spiro atoms. The Kier molecular flexibility index (Phi) is 7.37. The van der Waals surface area contributed by atoms with E-state index in [2.05, 4.69) is 22.2 Å². The van der Waals surface area contributed by atoms with Crippen LogP contribution in [0, 0.1) is 5.92 Å². The molecule has 5 rings (SSSR count). The van der Waals surface area contributed by atoms with Gasteiger partial charge in [-0.2, -0.15) is 0 Å². The van der Waals surface area contributed by atoms with Crippen molar-refractivity contribution in [2.75, 3.05) is 26.7 Å². The molecule has 4 aromatic rings. The lowest BCUT2D eigenvalue weighted by Crippen LogP contribution is -2.43. The van der Waals surface area contributed by atoms with Crippen LogP contribution in [-0.2, 0) is 20.1 Å². The van der Waals surface area contributed by atoms with Gasteiger partial charge in [0.15, 0.2) is 0 Å². The van der Waals surface area contributed by atoms with Crippen molar-refractivity contribution in [1.82, 2.24) is 19.5 Å². The minimum absolute atomic E-state index is 0.199. The first-order valence-electron chi connectivity index (χ1n) is 12.6. The van der Waals surface area contributed by atoms with Crippen molar-refractivity contribution in [3.63, 3.8) is 0 Å². The van der Waals surface area contributed by atoms with Gasteiger partial charge in [-0.3, -0.25) is 14.5 Å². The Morgan fingerprint density at radius 2 is 1.95 bits per heavy atom. The summed E-state index contributed by atoms with van der Waals surface area (Å²) in [6.07, 6.45) is 5.13. The second kappa shape index (κ2) is 11.0. The van der Waals surface area contributed by atoms with Gasteiger partial charge in [0.2, 0.25) is 5.43 Å². The number of likely N-dealkylation sites (tertiary alicyclic amines) is 1. The third kappa shape index (κ3) is 5.75. The van der Waals surface area contributed by atoms with Crippen LogP contribution in [0.3, 0.4) is 0 Å². The van der Waals surface area contributed by atoms with Gasteiger partial charge in [0.05, 0.1) is 17.8 Å². The highest BCUT2D eigenvalue weighted by Gasteiger charge is 2.27. The van der Waals surface area contributed by atoms with E-state index in [1.165, 1.54) is 5.56 Å². The minimum atomic E-state index is -0.205. The maximum atomic E-state index is 13.3. The highest BCUT2D eigenvalue weighted by atomic mass is 16.5. The molecule has 1 fully saturated rings. The van der Waals surface area contributed by atoms with Gasteiger partial charge in [0.1, 0.15) is 17.6 Å². The van der Waals surface area contributed by atoms with Crippen molar-refractivity contribution in [3.05, 3.63) is 94.1 Å².